The number of fused-ring (bicyclic) bond motifs is 1. The molecule has 0 aliphatic carbocycles. The van der Waals surface area contributed by atoms with Crippen LogP contribution in [0.5, 0.6) is 0 Å². The average molecular weight is 315 g/mol. The molecule has 22 heavy (non-hydrogen) atoms. The standard InChI is InChI=1S/C15H17N5OS/c1-4-11-9(3)20-8-10(6-7-12(20)16-11)14(21)17-15-19-18-13(5-2)22-15/h6-8H,4-5H2,1-3H3,(H,17,19,21). The fraction of sp³-hybridized carbons (Fsp3) is 0.333. The normalized spacial score (nSPS) is 11.0. The predicted molar refractivity (Wildman–Crippen MR) is 86.5 cm³/mol. The van der Waals surface area contributed by atoms with E-state index in [4.69, 9.17) is 0 Å². The second kappa shape index (κ2) is 5.84. The van der Waals surface area contributed by atoms with Crippen molar-refractivity contribution in [2.75, 3.05) is 5.32 Å². The third-order valence-electron chi connectivity index (χ3n) is 3.54. The summed E-state index contributed by atoms with van der Waals surface area (Å²) >= 11 is 1.40. The number of carbonyl (C=O) groups excluding carboxylic acids is 1. The van der Waals surface area contributed by atoms with Crippen molar-refractivity contribution < 1.29 is 4.79 Å². The van der Waals surface area contributed by atoms with Crippen molar-refractivity contribution in [2.24, 2.45) is 0 Å². The molecule has 0 aliphatic rings. The van der Waals surface area contributed by atoms with Crippen LogP contribution in [0.15, 0.2) is 18.3 Å². The topological polar surface area (TPSA) is 72.2 Å². The highest BCUT2D eigenvalue weighted by molar-refractivity contribution is 7.15. The van der Waals surface area contributed by atoms with Gasteiger partial charge in [0.15, 0.2) is 0 Å². The minimum Gasteiger partial charge on any atom is -0.303 e. The number of hydrogen-bond donors (Lipinski definition) is 1. The molecule has 0 unspecified atom stereocenters. The number of aryl methyl sites for hydroxylation is 3. The third kappa shape index (κ3) is 2.59. The lowest BCUT2D eigenvalue weighted by molar-refractivity contribution is 0.102. The smallest absolute Gasteiger partial charge is 0.258 e. The van der Waals surface area contributed by atoms with Gasteiger partial charge in [0.1, 0.15) is 10.7 Å². The summed E-state index contributed by atoms with van der Waals surface area (Å²) in [5.41, 5.74) is 3.55. The fourth-order valence-corrected chi connectivity index (χ4v) is 2.97. The maximum atomic E-state index is 12.3. The molecular weight excluding hydrogens is 298 g/mol. The van der Waals surface area contributed by atoms with Gasteiger partial charge in [0.25, 0.3) is 5.91 Å². The van der Waals surface area contributed by atoms with Gasteiger partial charge in [-0.3, -0.25) is 10.1 Å². The first kappa shape index (κ1) is 14.6. The van der Waals surface area contributed by atoms with Crippen LogP contribution < -0.4 is 5.32 Å². The van der Waals surface area contributed by atoms with Gasteiger partial charge < -0.3 is 4.40 Å². The lowest BCUT2D eigenvalue weighted by atomic mass is 10.2. The van der Waals surface area contributed by atoms with Crippen LogP contribution in [-0.4, -0.2) is 25.5 Å². The largest absolute Gasteiger partial charge is 0.303 e. The minimum absolute atomic E-state index is 0.188. The van der Waals surface area contributed by atoms with Gasteiger partial charge in [-0.1, -0.05) is 25.2 Å². The summed E-state index contributed by atoms with van der Waals surface area (Å²) in [7, 11) is 0. The molecule has 0 bridgehead atoms. The van der Waals surface area contributed by atoms with Crippen LogP contribution in [0.3, 0.4) is 0 Å². The number of nitrogens with zero attached hydrogens (tertiary/aromatic N) is 4. The van der Waals surface area contributed by atoms with Gasteiger partial charge in [-0.25, -0.2) is 4.98 Å². The average Bonchev–Trinajstić information content (AvgIpc) is 3.11. The molecule has 0 aromatic carbocycles. The van der Waals surface area contributed by atoms with E-state index in [2.05, 4.69) is 27.4 Å². The first-order valence-corrected chi connectivity index (χ1v) is 8.05. The molecule has 0 spiro atoms. The zero-order chi connectivity index (χ0) is 15.7. The van der Waals surface area contributed by atoms with Crippen LogP contribution in [-0.2, 0) is 12.8 Å². The van der Waals surface area contributed by atoms with Crippen LogP contribution in [0, 0.1) is 6.92 Å². The number of anilines is 1. The van der Waals surface area contributed by atoms with Gasteiger partial charge in [0.2, 0.25) is 5.13 Å². The maximum absolute atomic E-state index is 12.3. The van der Waals surface area contributed by atoms with E-state index in [1.54, 1.807) is 6.07 Å². The molecule has 3 aromatic heterocycles. The number of imidazole rings is 1. The molecule has 6 nitrogen and oxygen atoms in total. The predicted octanol–water partition coefficient (Wildman–Crippen LogP) is 2.87. The summed E-state index contributed by atoms with van der Waals surface area (Å²) in [5.74, 6) is -0.188. The van der Waals surface area contributed by atoms with Crippen molar-refractivity contribution in [3.8, 4) is 0 Å². The summed E-state index contributed by atoms with van der Waals surface area (Å²) in [5, 5.41) is 12.2. The molecule has 3 heterocycles. The Hall–Kier alpha value is -2.28. The number of pyridine rings is 1. The molecule has 7 heteroatoms. The molecule has 0 aliphatic heterocycles. The number of carbonyl (C=O) groups is 1. The minimum atomic E-state index is -0.188. The molecule has 0 fully saturated rings. The molecule has 0 atom stereocenters. The first-order chi connectivity index (χ1) is 10.6. The van der Waals surface area contributed by atoms with Crippen molar-refractivity contribution in [3.05, 3.63) is 40.3 Å². The third-order valence-corrected chi connectivity index (χ3v) is 4.53. The van der Waals surface area contributed by atoms with E-state index in [-0.39, 0.29) is 5.91 Å². The number of amides is 1. The van der Waals surface area contributed by atoms with Crippen LogP contribution in [0.4, 0.5) is 5.13 Å². The molecule has 3 rings (SSSR count). The Kier molecular flexibility index (Phi) is 3.89. The van der Waals surface area contributed by atoms with Crippen LogP contribution in [0.25, 0.3) is 5.65 Å². The second-order valence-corrected chi connectivity index (χ2v) is 6.01. The molecule has 0 saturated heterocycles. The number of nitrogens with one attached hydrogen (secondary N) is 1. The Morgan fingerprint density at radius 1 is 1.27 bits per heavy atom. The van der Waals surface area contributed by atoms with Gasteiger partial charge in [0, 0.05) is 11.9 Å². The van der Waals surface area contributed by atoms with Gasteiger partial charge in [-0.15, -0.1) is 10.2 Å². The van der Waals surface area contributed by atoms with Crippen molar-refractivity contribution in [1.29, 1.82) is 0 Å². The van der Waals surface area contributed by atoms with Crippen LogP contribution >= 0.6 is 11.3 Å². The van der Waals surface area contributed by atoms with E-state index in [0.717, 1.165) is 34.9 Å². The summed E-state index contributed by atoms with van der Waals surface area (Å²) in [6, 6.07) is 3.64. The van der Waals surface area contributed by atoms with Crippen molar-refractivity contribution in [1.82, 2.24) is 19.6 Å². The Labute approximate surface area is 132 Å². The SMILES string of the molecule is CCc1nnc(NC(=O)c2ccc3nc(CC)c(C)n3c2)s1. The van der Waals surface area contributed by atoms with Crippen molar-refractivity contribution >= 4 is 28.0 Å². The van der Waals surface area contributed by atoms with Gasteiger partial charge in [-0.2, -0.15) is 0 Å². The van der Waals surface area contributed by atoms with Crippen LogP contribution in [0.1, 0.15) is 40.6 Å². The van der Waals surface area contributed by atoms with E-state index in [0.29, 0.717) is 10.7 Å². The molecule has 0 radical (unpaired) electrons. The summed E-state index contributed by atoms with van der Waals surface area (Å²) < 4.78 is 1.95. The Bertz CT molecular complexity index is 836. The van der Waals surface area contributed by atoms with E-state index in [1.807, 2.05) is 30.5 Å². The Morgan fingerprint density at radius 3 is 2.77 bits per heavy atom. The zero-order valence-electron chi connectivity index (χ0n) is 12.8. The Morgan fingerprint density at radius 2 is 2.09 bits per heavy atom. The van der Waals surface area contributed by atoms with E-state index >= 15 is 0 Å². The van der Waals surface area contributed by atoms with Gasteiger partial charge in [-0.05, 0) is 31.9 Å². The second-order valence-electron chi connectivity index (χ2n) is 4.95. The van der Waals surface area contributed by atoms with Crippen molar-refractivity contribution in [3.63, 3.8) is 0 Å². The highest BCUT2D eigenvalue weighted by Gasteiger charge is 2.13. The van der Waals surface area contributed by atoms with E-state index < -0.39 is 0 Å². The van der Waals surface area contributed by atoms with Gasteiger partial charge >= 0.3 is 0 Å². The monoisotopic (exact) mass is 315 g/mol. The Balaban J connectivity index is 1.88. The van der Waals surface area contributed by atoms with Crippen LogP contribution in [0.2, 0.25) is 0 Å². The lowest BCUT2D eigenvalue weighted by Gasteiger charge is -2.03. The number of rotatable bonds is 4. The maximum Gasteiger partial charge on any atom is 0.258 e. The zero-order valence-corrected chi connectivity index (χ0v) is 13.6. The quantitative estimate of drug-likeness (QED) is 0.803. The fourth-order valence-electron chi connectivity index (χ4n) is 2.30. The summed E-state index contributed by atoms with van der Waals surface area (Å²) in [6.45, 7) is 6.09. The van der Waals surface area contributed by atoms with Crippen molar-refractivity contribution in [2.45, 2.75) is 33.6 Å². The highest BCUT2D eigenvalue weighted by atomic mass is 32.1. The molecule has 1 N–H and O–H groups in total. The molecule has 1 amide bonds. The van der Waals surface area contributed by atoms with E-state index in [9.17, 15) is 4.79 Å². The lowest BCUT2D eigenvalue weighted by Crippen LogP contribution is -2.12. The number of hydrogen-bond acceptors (Lipinski definition) is 5. The van der Waals surface area contributed by atoms with E-state index in [1.165, 1.54) is 11.3 Å². The van der Waals surface area contributed by atoms with Gasteiger partial charge in [0.05, 0.1) is 11.3 Å². The molecular formula is C15H17N5OS. The summed E-state index contributed by atoms with van der Waals surface area (Å²) in [6.07, 6.45) is 3.50. The molecule has 3 aromatic rings. The first-order valence-electron chi connectivity index (χ1n) is 7.23. The molecule has 114 valence electrons. The molecule has 0 saturated carbocycles. The summed E-state index contributed by atoms with van der Waals surface area (Å²) in [4.78, 5) is 16.9. The number of aromatic nitrogens is 4. The highest BCUT2D eigenvalue weighted by Crippen LogP contribution is 2.18.